The van der Waals surface area contributed by atoms with Gasteiger partial charge >= 0.3 is 0 Å². The van der Waals surface area contributed by atoms with Crippen molar-refractivity contribution < 1.29 is 9.53 Å². The first kappa shape index (κ1) is 22.5. The molecule has 1 saturated carbocycles. The average Bonchev–Trinajstić information content (AvgIpc) is 2.77. The number of carbonyl (C=O) groups excluding carboxylic acids is 1. The van der Waals surface area contributed by atoms with Gasteiger partial charge in [-0.2, -0.15) is 0 Å². The molecule has 0 aromatic heterocycles. The van der Waals surface area contributed by atoms with Gasteiger partial charge in [-0.05, 0) is 61.7 Å². The molecule has 0 aliphatic heterocycles. The molecule has 2 aromatic carbocycles. The molecule has 0 unspecified atom stereocenters. The average molecular weight is 474 g/mol. The summed E-state index contributed by atoms with van der Waals surface area (Å²) in [5, 5.41) is 10.3. The van der Waals surface area contributed by atoms with E-state index in [1.165, 1.54) is 6.42 Å². The van der Waals surface area contributed by atoms with Crippen molar-refractivity contribution in [1.82, 2.24) is 5.32 Å². The summed E-state index contributed by atoms with van der Waals surface area (Å²) >= 11 is 3.53. The van der Waals surface area contributed by atoms with E-state index in [0.29, 0.717) is 6.54 Å². The molecule has 3 N–H and O–H groups in total. The maximum atomic E-state index is 13.4. The first-order valence-electron chi connectivity index (χ1n) is 10.8. The third-order valence-electron chi connectivity index (χ3n) is 5.82. The van der Waals surface area contributed by atoms with Crippen LogP contribution < -0.4 is 20.7 Å². The van der Waals surface area contributed by atoms with Crippen LogP contribution in [0.4, 0.5) is 11.4 Å². The third-order valence-corrected chi connectivity index (χ3v) is 6.31. The molecule has 0 heterocycles. The van der Waals surface area contributed by atoms with Gasteiger partial charge in [0.05, 0.1) is 7.11 Å². The third kappa shape index (κ3) is 5.91. The summed E-state index contributed by atoms with van der Waals surface area (Å²) in [6, 6.07) is 16.0. The number of anilines is 2. The zero-order chi connectivity index (χ0) is 21.4. The molecule has 0 radical (unpaired) electrons. The maximum absolute atomic E-state index is 13.4. The summed E-state index contributed by atoms with van der Waals surface area (Å²) in [5.74, 6) is 0.935. The number of carbonyl (C=O) groups is 1. The fraction of sp³-hybridized carbons (Fsp3) is 0.458. The van der Waals surface area contributed by atoms with Crippen molar-refractivity contribution in [3.8, 4) is 5.75 Å². The van der Waals surface area contributed by atoms with Gasteiger partial charge in [-0.15, -0.1) is 0 Å². The zero-order valence-electron chi connectivity index (χ0n) is 17.8. The number of hydrogen-bond acceptors (Lipinski definition) is 4. The van der Waals surface area contributed by atoms with Crippen LogP contribution in [0.5, 0.6) is 5.75 Å². The number of ether oxygens (including phenoxy) is 1. The predicted molar refractivity (Wildman–Crippen MR) is 127 cm³/mol. The Bertz CT molecular complexity index is 819. The van der Waals surface area contributed by atoms with Gasteiger partial charge in [0, 0.05) is 28.4 Å². The van der Waals surface area contributed by atoms with Gasteiger partial charge in [0.25, 0.3) is 0 Å². The molecule has 162 valence electrons. The number of methoxy groups -OCH3 is 1. The quantitative estimate of drug-likeness (QED) is 0.444. The monoisotopic (exact) mass is 473 g/mol. The van der Waals surface area contributed by atoms with Crippen LogP contribution in [0.15, 0.2) is 53.0 Å². The topological polar surface area (TPSA) is 62.4 Å². The van der Waals surface area contributed by atoms with E-state index in [1.54, 1.807) is 7.11 Å². The molecular formula is C24H32BrN3O2. The molecule has 2 aromatic rings. The van der Waals surface area contributed by atoms with Crippen molar-refractivity contribution in [3.05, 3.63) is 53.0 Å². The van der Waals surface area contributed by atoms with Crippen LogP contribution in [-0.4, -0.2) is 31.1 Å². The molecule has 0 spiro atoms. The van der Waals surface area contributed by atoms with Crippen LogP contribution in [0, 0.1) is 0 Å². The van der Waals surface area contributed by atoms with E-state index >= 15 is 0 Å². The van der Waals surface area contributed by atoms with Gasteiger partial charge < -0.3 is 20.7 Å². The molecule has 1 fully saturated rings. The Kier molecular flexibility index (Phi) is 8.02. The van der Waals surface area contributed by atoms with E-state index in [9.17, 15) is 4.79 Å². The van der Waals surface area contributed by atoms with Crippen LogP contribution in [-0.2, 0) is 4.79 Å². The second-order valence-corrected chi connectivity index (χ2v) is 8.88. The Morgan fingerprint density at radius 3 is 2.47 bits per heavy atom. The minimum absolute atomic E-state index is 0.0581. The van der Waals surface area contributed by atoms with Crippen molar-refractivity contribution in [2.24, 2.45) is 0 Å². The zero-order valence-corrected chi connectivity index (χ0v) is 19.4. The summed E-state index contributed by atoms with van der Waals surface area (Å²) in [5.41, 5.74) is 1.45. The van der Waals surface area contributed by atoms with Crippen LogP contribution in [0.2, 0.25) is 0 Å². The number of halogens is 1. The highest BCUT2D eigenvalue weighted by Gasteiger charge is 2.40. The van der Waals surface area contributed by atoms with E-state index in [0.717, 1.165) is 53.7 Å². The van der Waals surface area contributed by atoms with Crippen LogP contribution in [0.25, 0.3) is 0 Å². The van der Waals surface area contributed by atoms with Crippen LogP contribution in [0.1, 0.15) is 45.4 Å². The van der Waals surface area contributed by atoms with Crippen LogP contribution in [0.3, 0.4) is 0 Å². The van der Waals surface area contributed by atoms with Crippen molar-refractivity contribution in [2.75, 3.05) is 24.3 Å². The largest absolute Gasteiger partial charge is 0.497 e. The van der Waals surface area contributed by atoms with Crippen LogP contribution >= 0.6 is 15.9 Å². The fourth-order valence-corrected chi connectivity index (χ4v) is 4.38. The highest BCUT2D eigenvalue weighted by atomic mass is 79.9. The molecular weight excluding hydrogens is 442 g/mol. The molecule has 1 amide bonds. The SMILES string of the molecule is CC[C@@H](CNc1ccc(OC)cc1)NC(=O)C1(Nc2cccc(Br)c2)CCCCC1. The lowest BCUT2D eigenvalue weighted by Crippen LogP contribution is -2.56. The van der Waals surface area contributed by atoms with Gasteiger partial charge in [-0.3, -0.25) is 4.79 Å². The summed E-state index contributed by atoms with van der Waals surface area (Å²) in [6.07, 6.45) is 5.89. The Labute approximate surface area is 188 Å². The second kappa shape index (κ2) is 10.7. The normalized spacial score (nSPS) is 16.4. The molecule has 5 nitrogen and oxygen atoms in total. The molecule has 1 atom stereocenters. The molecule has 30 heavy (non-hydrogen) atoms. The Morgan fingerprint density at radius 1 is 1.10 bits per heavy atom. The van der Waals surface area contributed by atoms with Crippen molar-refractivity contribution in [1.29, 1.82) is 0 Å². The highest BCUT2D eigenvalue weighted by Crippen LogP contribution is 2.33. The number of nitrogens with one attached hydrogen (secondary N) is 3. The first-order chi connectivity index (χ1) is 14.5. The lowest BCUT2D eigenvalue weighted by Gasteiger charge is -2.38. The van der Waals surface area contributed by atoms with Gasteiger partial charge in [0.1, 0.15) is 11.3 Å². The predicted octanol–water partition coefficient (Wildman–Crippen LogP) is 5.58. The van der Waals surface area contributed by atoms with Gasteiger partial charge in [-0.1, -0.05) is 48.2 Å². The Morgan fingerprint density at radius 2 is 1.83 bits per heavy atom. The van der Waals surface area contributed by atoms with E-state index in [1.807, 2.05) is 48.5 Å². The minimum atomic E-state index is -0.549. The fourth-order valence-electron chi connectivity index (χ4n) is 3.98. The lowest BCUT2D eigenvalue weighted by atomic mass is 9.80. The number of amides is 1. The maximum Gasteiger partial charge on any atom is 0.245 e. The summed E-state index contributed by atoms with van der Waals surface area (Å²) < 4.78 is 6.22. The van der Waals surface area contributed by atoms with Crippen molar-refractivity contribution >= 4 is 33.2 Å². The van der Waals surface area contributed by atoms with Gasteiger partial charge in [0.15, 0.2) is 0 Å². The van der Waals surface area contributed by atoms with E-state index in [4.69, 9.17) is 4.74 Å². The number of rotatable bonds is 9. The number of benzene rings is 2. The molecule has 1 aliphatic rings. The molecule has 3 rings (SSSR count). The second-order valence-electron chi connectivity index (χ2n) is 7.97. The minimum Gasteiger partial charge on any atom is -0.497 e. The summed E-state index contributed by atoms with van der Waals surface area (Å²) in [4.78, 5) is 13.4. The van der Waals surface area contributed by atoms with Crippen molar-refractivity contribution in [2.45, 2.75) is 57.0 Å². The Balaban J connectivity index is 1.65. The summed E-state index contributed by atoms with van der Waals surface area (Å²) in [6.45, 7) is 2.79. The van der Waals surface area contributed by atoms with Gasteiger partial charge in [0.2, 0.25) is 5.91 Å². The lowest BCUT2D eigenvalue weighted by molar-refractivity contribution is -0.127. The first-order valence-corrected chi connectivity index (χ1v) is 11.6. The van der Waals surface area contributed by atoms with E-state index < -0.39 is 5.54 Å². The standard InChI is InChI=1S/C24H32BrN3O2/c1-3-19(17-26-20-10-12-22(30-2)13-11-20)27-23(29)24(14-5-4-6-15-24)28-21-9-7-8-18(25)16-21/h7-13,16,19,26,28H,3-6,14-15,17H2,1-2H3,(H,27,29)/t19-/m0/s1. The van der Waals surface area contributed by atoms with Gasteiger partial charge in [-0.25, -0.2) is 0 Å². The van der Waals surface area contributed by atoms with Crippen molar-refractivity contribution in [3.63, 3.8) is 0 Å². The molecule has 0 bridgehead atoms. The number of hydrogen-bond donors (Lipinski definition) is 3. The Hall–Kier alpha value is -2.21. The summed E-state index contributed by atoms with van der Waals surface area (Å²) in [7, 11) is 1.66. The highest BCUT2D eigenvalue weighted by molar-refractivity contribution is 9.10. The molecule has 1 aliphatic carbocycles. The molecule has 0 saturated heterocycles. The van der Waals surface area contributed by atoms with E-state index in [-0.39, 0.29) is 11.9 Å². The smallest absolute Gasteiger partial charge is 0.245 e. The van der Waals surface area contributed by atoms with E-state index in [2.05, 4.69) is 38.8 Å². The molecule has 6 heteroatoms.